The Bertz CT molecular complexity index is 1040. The van der Waals surface area contributed by atoms with Gasteiger partial charge in [-0.15, -0.1) is 0 Å². The molecule has 1 aromatic heterocycles. The number of fused-ring (bicyclic) bond motifs is 1. The Kier molecular flexibility index (Phi) is 3.31. The Morgan fingerprint density at radius 3 is 2.33 bits per heavy atom. The van der Waals surface area contributed by atoms with Crippen LogP contribution in [0.4, 0.5) is 5.69 Å². The molecule has 116 valence electrons. The van der Waals surface area contributed by atoms with E-state index < -0.39 is 0 Å². The maximum Gasteiger partial charge on any atom is 0.277 e. The lowest BCUT2D eigenvalue weighted by Gasteiger charge is -2.04. The van der Waals surface area contributed by atoms with Crippen molar-refractivity contribution in [3.63, 3.8) is 0 Å². The van der Waals surface area contributed by atoms with Crippen LogP contribution in [0.25, 0.3) is 27.7 Å². The summed E-state index contributed by atoms with van der Waals surface area (Å²) in [7, 11) is 0. The van der Waals surface area contributed by atoms with Gasteiger partial charge in [-0.05, 0) is 18.2 Å². The third-order valence-electron chi connectivity index (χ3n) is 3.95. The molecule has 0 amide bonds. The number of para-hydroxylation sites is 2. The molecule has 0 unspecified atom stereocenters. The van der Waals surface area contributed by atoms with Crippen molar-refractivity contribution in [3.05, 3.63) is 89.1 Å². The van der Waals surface area contributed by atoms with E-state index in [4.69, 9.17) is 0 Å². The smallest absolute Gasteiger partial charge is 0.258 e. The normalized spacial score (nSPS) is 10.8. The van der Waals surface area contributed by atoms with Crippen LogP contribution in [0.5, 0.6) is 0 Å². The molecule has 0 saturated carbocycles. The zero-order chi connectivity index (χ0) is 16.5. The molecule has 0 N–H and O–H groups in total. The third kappa shape index (κ3) is 2.32. The molecule has 0 spiro atoms. The summed E-state index contributed by atoms with van der Waals surface area (Å²) >= 11 is 0. The van der Waals surface area contributed by atoms with Crippen molar-refractivity contribution in [3.8, 4) is 16.8 Å². The van der Waals surface area contributed by atoms with E-state index in [9.17, 15) is 10.1 Å². The fraction of sp³-hybridized carbons (Fsp3) is 0. The summed E-state index contributed by atoms with van der Waals surface area (Å²) in [5, 5.41) is 16.9. The van der Waals surface area contributed by atoms with Crippen molar-refractivity contribution in [1.82, 2.24) is 9.78 Å². The zero-order valence-electron chi connectivity index (χ0n) is 12.7. The Morgan fingerprint density at radius 2 is 1.54 bits per heavy atom. The minimum absolute atomic E-state index is 0.0826. The molecule has 0 atom stereocenters. The van der Waals surface area contributed by atoms with Crippen LogP contribution in [0.15, 0.2) is 79.0 Å². The summed E-state index contributed by atoms with van der Waals surface area (Å²) in [4.78, 5) is 11.0. The molecular formula is C19H13N3O2. The van der Waals surface area contributed by atoms with Crippen LogP contribution < -0.4 is 0 Å². The summed E-state index contributed by atoms with van der Waals surface area (Å²) in [6, 6.07) is 22.3. The number of aromatic nitrogens is 2. The van der Waals surface area contributed by atoms with Crippen LogP contribution in [0.1, 0.15) is 0 Å². The van der Waals surface area contributed by atoms with Crippen molar-refractivity contribution in [2.45, 2.75) is 0 Å². The van der Waals surface area contributed by atoms with Gasteiger partial charge in [0.25, 0.3) is 5.69 Å². The summed E-state index contributed by atoms with van der Waals surface area (Å²) in [6.45, 7) is 0. The molecule has 0 aliphatic rings. The van der Waals surface area contributed by atoms with Crippen molar-refractivity contribution in [2.75, 3.05) is 0 Å². The highest BCUT2D eigenvalue weighted by Crippen LogP contribution is 2.34. The van der Waals surface area contributed by atoms with Crippen molar-refractivity contribution < 1.29 is 4.92 Å². The van der Waals surface area contributed by atoms with Gasteiger partial charge in [0.1, 0.15) is 5.52 Å². The SMILES string of the molecule is O=[N+]([O-])c1ccccc1-c1cccc2cn(-c3ccccc3)nc12. The summed E-state index contributed by atoms with van der Waals surface area (Å²) in [5.41, 5.74) is 3.11. The van der Waals surface area contributed by atoms with Gasteiger partial charge in [-0.1, -0.05) is 48.5 Å². The average molecular weight is 315 g/mol. The van der Waals surface area contributed by atoms with Gasteiger partial charge >= 0.3 is 0 Å². The molecule has 0 bridgehead atoms. The number of rotatable bonds is 3. The molecule has 0 radical (unpaired) electrons. The first-order valence-electron chi connectivity index (χ1n) is 7.51. The van der Waals surface area contributed by atoms with Gasteiger partial charge in [0.05, 0.1) is 16.2 Å². The molecule has 5 heteroatoms. The minimum atomic E-state index is -0.359. The molecule has 3 aromatic carbocycles. The van der Waals surface area contributed by atoms with Crippen LogP contribution in [0, 0.1) is 10.1 Å². The fourth-order valence-corrected chi connectivity index (χ4v) is 2.84. The standard InChI is InChI=1S/C19H13N3O2/c23-22(24)18-12-5-4-10-16(18)17-11-6-7-14-13-21(20-19(14)17)15-8-2-1-3-9-15/h1-13H. The van der Waals surface area contributed by atoms with Crippen LogP contribution in [-0.4, -0.2) is 14.7 Å². The Labute approximate surface area is 137 Å². The van der Waals surface area contributed by atoms with Gasteiger partial charge in [-0.25, -0.2) is 4.68 Å². The van der Waals surface area contributed by atoms with Gasteiger partial charge in [0, 0.05) is 23.2 Å². The molecule has 0 aliphatic carbocycles. The molecular weight excluding hydrogens is 302 g/mol. The highest BCUT2D eigenvalue weighted by molar-refractivity contribution is 5.95. The lowest BCUT2D eigenvalue weighted by Crippen LogP contribution is -1.94. The molecule has 0 fully saturated rings. The van der Waals surface area contributed by atoms with E-state index in [0.29, 0.717) is 5.56 Å². The molecule has 24 heavy (non-hydrogen) atoms. The minimum Gasteiger partial charge on any atom is -0.258 e. The first-order chi connectivity index (χ1) is 11.7. The summed E-state index contributed by atoms with van der Waals surface area (Å²) in [6.07, 6.45) is 1.93. The van der Waals surface area contributed by atoms with E-state index in [-0.39, 0.29) is 10.6 Å². The highest BCUT2D eigenvalue weighted by atomic mass is 16.6. The molecule has 5 nitrogen and oxygen atoms in total. The molecule has 0 saturated heterocycles. The first kappa shape index (κ1) is 14.1. The Hall–Kier alpha value is -3.47. The number of nitrogens with zero attached hydrogens (tertiary/aromatic N) is 3. The predicted octanol–water partition coefficient (Wildman–Crippen LogP) is 4.60. The number of nitro groups is 1. The molecule has 4 aromatic rings. The first-order valence-corrected chi connectivity index (χ1v) is 7.51. The Morgan fingerprint density at radius 1 is 0.833 bits per heavy atom. The van der Waals surface area contributed by atoms with Gasteiger partial charge in [0.2, 0.25) is 0 Å². The van der Waals surface area contributed by atoms with E-state index in [0.717, 1.165) is 22.2 Å². The summed E-state index contributed by atoms with van der Waals surface area (Å²) < 4.78 is 1.79. The predicted molar refractivity (Wildman–Crippen MR) is 93.2 cm³/mol. The molecule has 1 heterocycles. The topological polar surface area (TPSA) is 61.0 Å². The largest absolute Gasteiger partial charge is 0.277 e. The van der Waals surface area contributed by atoms with Crippen LogP contribution in [0.3, 0.4) is 0 Å². The van der Waals surface area contributed by atoms with Crippen LogP contribution in [-0.2, 0) is 0 Å². The monoisotopic (exact) mass is 315 g/mol. The lowest BCUT2D eigenvalue weighted by molar-refractivity contribution is -0.384. The van der Waals surface area contributed by atoms with Crippen molar-refractivity contribution in [1.29, 1.82) is 0 Å². The number of benzene rings is 3. The van der Waals surface area contributed by atoms with E-state index in [1.165, 1.54) is 6.07 Å². The average Bonchev–Trinajstić information content (AvgIpc) is 3.06. The highest BCUT2D eigenvalue weighted by Gasteiger charge is 2.17. The lowest BCUT2D eigenvalue weighted by atomic mass is 10.0. The van der Waals surface area contributed by atoms with Gasteiger partial charge in [-0.3, -0.25) is 10.1 Å². The van der Waals surface area contributed by atoms with E-state index in [1.54, 1.807) is 22.9 Å². The second kappa shape index (κ2) is 5.62. The zero-order valence-corrected chi connectivity index (χ0v) is 12.7. The fourth-order valence-electron chi connectivity index (χ4n) is 2.84. The van der Waals surface area contributed by atoms with Gasteiger partial charge in [0.15, 0.2) is 0 Å². The van der Waals surface area contributed by atoms with Gasteiger partial charge in [-0.2, -0.15) is 5.10 Å². The number of hydrogen-bond acceptors (Lipinski definition) is 3. The second-order valence-corrected chi connectivity index (χ2v) is 5.43. The molecule has 0 aliphatic heterocycles. The number of nitro benzene ring substituents is 1. The van der Waals surface area contributed by atoms with E-state index in [1.807, 2.05) is 54.7 Å². The summed E-state index contributed by atoms with van der Waals surface area (Å²) in [5.74, 6) is 0. The van der Waals surface area contributed by atoms with Crippen molar-refractivity contribution in [2.24, 2.45) is 0 Å². The van der Waals surface area contributed by atoms with E-state index >= 15 is 0 Å². The third-order valence-corrected chi connectivity index (χ3v) is 3.95. The van der Waals surface area contributed by atoms with E-state index in [2.05, 4.69) is 5.10 Å². The van der Waals surface area contributed by atoms with Crippen LogP contribution in [0.2, 0.25) is 0 Å². The quantitative estimate of drug-likeness (QED) is 0.410. The van der Waals surface area contributed by atoms with Crippen LogP contribution >= 0.6 is 0 Å². The maximum atomic E-state index is 11.3. The van der Waals surface area contributed by atoms with Gasteiger partial charge < -0.3 is 0 Å². The molecule has 4 rings (SSSR count). The maximum absolute atomic E-state index is 11.3. The second-order valence-electron chi connectivity index (χ2n) is 5.43. The Balaban J connectivity index is 1.95. The number of hydrogen-bond donors (Lipinski definition) is 0. The van der Waals surface area contributed by atoms with Crippen molar-refractivity contribution >= 4 is 16.6 Å².